The van der Waals surface area contributed by atoms with Crippen molar-refractivity contribution in [3.05, 3.63) is 28.8 Å². The van der Waals surface area contributed by atoms with Crippen LogP contribution in [0.25, 0.3) is 0 Å². The molecule has 146 valence electrons. The number of hydrogen-bond acceptors (Lipinski definition) is 4. The van der Waals surface area contributed by atoms with E-state index in [-0.39, 0.29) is 5.41 Å². The molecule has 26 heavy (non-hydrogen) atoms. The summed E-state index contributed by atoms with van der Waals surface area (Å²) in [5, 5.41) is 7.45. The number of nitrogens with zero attached hydrogens (tertiary/aromatic N) is 1. The Hall–Kier alpha value is -1.50. The van der Waals surface area contributed by atoms with Gasteiger partial charge in [-0.3, -0.25) is 4.99 Å². The molecule has 0 amide bonds. The Morgan fingerprint density at radius 3 is 2.73 bits per heavy atom. The lowest BCUT2D eigenvalue weighted by Crippen LogP contribution is -2.48. The third kappa shape index (κ3) is 5.50. The summed E-state index contributed by atoms with van der Waals surface area (Å²) < 4.78 is 16.6. The molecule has 1 aromatic rings. The number of rotatable bonds is 8. The molecule has 1 saturated heterocycles. The van der Waals surface area contributed by atoms with E-state index in [4.69, 9.17) is 25.8 Å². The van der Waals surface area contributed by atoms with Gasteiger partial charge in [-0.25, -0.2) is 0 Å². The molecule has 1 aromatic carbocycles. The van der Waals surface area contributed by atoms with Crippen LogP contribution in [0.2, 0.25) is 5.02 Å². The molecule has 1 aliphatic heterocycles. The van der Waals surface area contributed by atoms with Crippen LogP contribution in [-0.4, -0.2) is 59.6 Å². The van der Waals surface area contributed by atoms with Crippen LogP contribution in [0, 0.1) is 0 Å². The SMILES string of the molecule is CCOCCNC(=NC)NCC1(c2cc(Cl)ccc2OC)CCOCC1. The van der Waals surface area contributed by atoms with E-state index in [2.05, 4.69) is 15.6 Å². The largest absolute Gasteiger partial charge is 0.496 e. The average Bonchev–Trinajstić information content (AvgIpc) is 2.68. The molecule has 2 rings (SSSR count). The Morgan fingerprint density at radius 1 is 1.31 bits per heavy atom. The van der Waals surface area contributed by atoms with Crippen molar-refractivity contribution in [2.24, 2.45) is 4.99 Å². The molecule has 0 atom stereocenters. The van der Waals surface area contributed by atoms with Gasteiger partial charge in [0.25, 0.3) is 0 Å². The Labute approximate surface area is 161 Å². The summed E-state index contributed by atoms with van der Waals surface area (Å²) in [5.74, 6) is 1.62. The van der Waals surface area contributed by atoms with E-state index in [1.54, 1.807) is 14.2 Å². The van der Waals surface area contributed by atoms with Crippen LogP contribution in [0.1, 0.15) is 25.3 Å². The predicted octanol–water partition coefficient (Wildman–Crippen LogP) is 2.60. The van der Waals surface area contributed by atoms with Crippen LogP contribution in [0.3, 0.4) is 0 Å². The molecule has 0 radical (unpaired) electrons. The first-order chi connectivity index (χ1) is 12.6. The minimum Gasteiger partial charge on any atom is -0.496 e. The van der Waals surface area contributed by atoms with Crippen molar-refractivity contribution in [3.63, 3.8) is 0 Å². The van der Waals surface area contributed by atoms with Crippen molar-refractivity contribution in [2.45, 2.75) is 25.2 Å². The van der Waals surface area contributed by atoms with Crippen LogP contribution in [0.5, 0.6) is 5.75 Å². The quantitative estimate of drug-likeness (QED) is 0.410. The molecular formula is C19H30ClN3O3. The van der Waals surface area contributed by atoms with Gasteiger partial charge in [0.2, 0.25) is 0 Å². The molecule has 0 aliphatic carbocycles. The third-order valence-electron chi connectivity index (χ3n) is 4.74. The van der Waals surface area contributed by atoms with Crippen molar-refractivity contribution >= 4 is 17.6 Å². The van der Waals surface area contributed by atoms with Crippen LogP contribution >= 0.6 is 11.6 Å². The highest BCUT2D eigenvalue weighted by Crippen LogP contribution is 2.40. The zero-order valence-electron chi connectivity index (χ0n) is 15.9. The molecule has 0 spiro atoms. The maximum absolute atomic E-state index is 6.29. The lowest BCUT2D eigenvalue weighted by atomic mass is 9.73. The highest BCUT2D eigenvalue weighted by Gasteiger charge is 2.37. The molecule has 0 aromatic heterocycles. The first kappa shape index (κ1) is 20.8. The number of aliphatic imine (C=N–C) groups is 1. The standard InChI is InChI=1S/C19H30ClN3O3/c1-4-25-12-9-22-18(21-2)23-14-19(7-10-26-11-8-19)16-13-15(20)5-6-17(16)24-3/h5-6,13H,4,7-12,14H2,1-3H3,(H2,21,22,23). The number of nitrogens with one attached hydrogen (secondary N) is 2. The van der Waals surface area contributed by atoms with E-state index < -0.39 is 0 Å². The zero-order chi connectivity index (χ0) is 18.8. The summed E-state index contributed by atoms with van der Waals surface area (Å²) in [6.07, 6.45) is 1.79. The third-order valence-corrected chi connectivity index (χ3v) is 4.98. The first-order valence-electron chi connectivity index (χ1n) is 9.09. The topological polar surface area (TPSA) is 64.1 Å². The Bertz CT molecular complexity index is 589. The highest BCUT2D eigenvalue weighted by molar-refractivity contribution is 6.30. The molecule has 2 N–H and O–H groups in total. The van der Waals surface area contributed by atoms with Gasteiger partial charge in [0.1, 0.15) is 5.75 Å². The van der Waals surface area contributed by atoms with E-state index in [0.717, 1.165) is 36.7 Å². The summed E-state index contributed by atoms with van der Waals surface area (Å²) in [4.78, 5) is 4.31. The monoisotopic (exact) mass is 383 g/mol. The van der Waals surface area contributed by atoms with Crippen LogP contribution in [0.15, 0.2) is 23.2 Å². The number of ether oxygens (including phenoxy) is 3. The zero-order valence-corrected chi connectivity index (χ0v) is 16.7. The summed E-state index contributed by atoms with van der Waals surface area (Å²) in [7, 11) is 3.47. The van der Waals surface area contributed by atoms with Crippen molar-refractivity contribution < 1.29 is 14.2 Å². The summed E-state index contributed by atoms with van der Waals surface area (Å²) in [5.41, 5.74) is 1.000. The fourth-order valence-corrected chi connectivity index (χ4v) is 3.43. The molecule has 1 heterocycles. The fourth-order valence-electron chi connectivity index (χ4n) is 3.26. The van der Waals surface area contributed by atoms with Gasteiger partial charge in [-0.15, -0.1) is 0 Å². The van der Waals surface area contributed by atoms with E-state index in [0.29, 0.717) is 38.0 Å². The van der Waals surface area contributed by atoms with Gasteiger partial charge in [0, 0.05) is 56.0 Å². The Kier molecular flexibility index (Phi) is 8.48. The second-order valence-corrected chi connectivity index (χ2v) is 6.72. The Balaban J connectivity index is 2.13. The van der Waals surface area contributed by atoms with E-state index in [1.807, 2.05) is 25.1 Å². The number of methoxy groups -OCH3 is 1. The summed E-state index contributed by atoms with van der Waals surface area (Å²) in [6.45, 7) is 6.22. The van der Waals surface area contributed by atoms with E-state index in [9.17, 15) is 0 Å². The molecule has 1 aliphatic rings. The maximum Gasteiger partial charge on any atom is 0.191 e. The maximum atomic E-state index is 6.29. The molecule has 1 fully saturated rings. The molecule has 7 heteroatoms. The second kappa shape index (κ2) is 10.6. The lowest BCUT2D eigenvalue weighted by Gasteiger charge is -2.39. The number of hydrogen-bond donors (Lipinski definition) is 2. The van der Waals surface area contributed by atoms with Gasteiger partial charge in [0.05, 0.1) is 13.7 Å². The minimum atomic E-state index is -0.119. The second-order valence-electron chi connectivity index (χ2n) is 6.29. The van der Waals surface area contributed by atoms with Crippen molar-refractivity contribution in [1.82, 2.24) is 10.6 Å². The number of guanidine groups is 1. The molecule has 6 nitrogen and oxygen atoms in total. The molecular weight excluding hydrogens is 354 g/mol. The van der Waals surface area contributed by atoms with Gasteiger partial charge >= 0.3 is 0 Å². The highest BCUT2D eigenvalue weighted by atomic mass is 35.5. The van der Waals surface area contributed by atoms with Crippen LogP contribution < -0.4 is 15.4 Å². The fraction of sp³-hybridized carbons (Fsp3) is 0.632. The van der Waals surface area contributed by atoms with Crippen molar-refractivity contribution in [2.75, 3.05) is 53.7 Å². The Morgan fingerprint density at radius 2 is 2.08 bits per heavy atom. The van der Waals surface area contributed by atoms with Gasteiger partial charge in [-0.1, -0.05) is 11.6 Å². The molecule has 0 bridgehead atoms. The van der Waals surface area contributed by atoms with Gasteiger partial charge < -0.3 is 24.8 Å². The van der Waals surface area contributed by atoms with Crippen molar-refractivity contribution in [3.8, 4) is 5.75 Å². The smallest absolute Gasteiger partial charge is 0.191 e. The molecule has 0 unspecified atom stereocenters. The van der Waals surface area contributed by atoms with Crippen LogP contribution in [0.4, 0.5) is 0 Å². The average molecular weight is 384 g/mol. The normalized spacial score (nSPS) is 17.0. The van der Waals surface area contributed by atoms with E-state index >= 15 is 0 Å². The van der Waals surface area contributed by atoms with Crippen LogP contribution in [-0.2, 0) is 14.9 Å². The number of benzene rings is 1. The lowest BCUT2D eigenvalue weighted by molar-refractivity contribution is 0.0505. The molecule has 0 saturated carbocycles. The minimum absolute atomic E-state index is 0.119. The van der Waals surface area contributed by atoms with Gasteiger partial charge in [0.15, 0.2) is 5.96 Å². The number of halogens is 1. The van der Waals surface area contributed by atoms with Crippen molar-refractivity contribution in [1.29, 1.82) is 0 Å². The van der Waals surface area contributed by atoms with Gasteiger partial charge in [-0.2, -0.15) is 0 Å². The summed E-state index contributed by atoms with van der Waals surface area (Å²) >= 11 is 6.29. The first-order valence-corrected chi connectivity index (χ1v) is 9.47. The van der Waals surface area contributed by atoms with Gasteiger partial charge in [-0.05, 0) is 38.0 Å². The summed E-state index contributed by atoms with van der Waals surface area (Å²) in [6, 6.07) is 5.81. The predicted molar refractivity (Wildman–Crippen MR) is 106 cm³/mol. The van der Waals surface area contributed by atoms with E-state index in [1.165, 1.54) is 0 Å².